The molecule has 0 aliphatic carbocycles. The molecule has 3 aromatic carbocycles. The van der Waals surface area contributed by atoms with E-state index in [0.29, 0.717) is 31.8 Å². The number of nitrogens with two attached hydrogens (primary N) is 1. The molecule has 256 valence electrons. The van der Waals surface area contributed by atoms with E-state index in [1.165, 1.54) is 22.3 Å². The second-order valence-electron chi connectivity index (χ2n) is 13.8. The molecular formula is C40H53N5O3. The van der Waals surface area contributed by atoms with Crippen LogP contribution >= 0.6 is 0 Å². The van der Waals surface area contributed by atoms with Gasteiger partial charge in [-0.15, -0.1) is 0 Å². The average Bonchev–Trinajstić information content (AvgIpc) is 3.49. The number of likely N-dealkylation sites (tertiary alicyclic amines) is 1. The molecule has 3 atom stereocenters. The van der Waals surface area contributed by atoms with E-state index >= 15 is 0 Å². The predicted molar refractivity (Wildman–Crippen MR) is 194 cm³/mol. The summed E-state index contributed by atoms with van der Waals surface area (Å²) in [4.78, 5) is 47.1. The highest BCUT2D eigenvalue weighted by atomic mass is 16.2. The number of nitrogens with one attached hydrogen (secondary N) is 1. The zero-order valence-electron chi connectivity index (χ0n) is 29.3. The Balaban J connectivity index is 1.58. The van der Waals surface area contributed by atoms with E-state index in [2.05, 4.69) is 29.4 Å². The highest BCUT2D eigenvalue weighted by Gasteiger charge is 2.35. The number of likely N-dealkylation sites (N-methyl/N-ethyl adjacent to an activating group) is 2. The van der Waals surface area contributed by atoms with Gasteiger partial charge in [0.2, 0.25) is 17.7 Å². The summed E-state index contributed by atoms with van der Waals surface area (Å²) in [6.07, 6.45) is 7.58. The lowest BCUT2D eigenvalue weighted by atomic mass is 9.98. The van der Waals surface area contributed by atoms with Crippen LogP contribution < -0.4 is 11.1 Å². The second-order valence-corrected chi connectivity index (χ2v) is 13.8. The van der Waals surface area contributed by atoms with Crippen LogP contribution in [0.3, 0.4) is 0 Å². The van der Waals surface area contributed by atoms with E-state index in [0.717, 1.165) is 41.6 Å². The third-order valence-corrected chi connectivity index (χ3v) is 9.33. The molecule has 3 N–H and O–H groups in total. The molecule has 8 nitrogen and oxygen atoms in total. The molecule has 0 saturated carbocycles. The lowest BCUT2D eigenvalue weighted by Gasteiger charge is -2.34. The quantitative estimate of drug-likeness (QED) is 0.224. The normalized spacial score (nSPS) is 16.4. The van der Waals surface area contributed by atoms with Crippen molar-refractivity contribution >= 4 is 17.7 Å². The first-order valence-electron chi connectivity index (χ1n) is 17.1. The van der Waals surface area contributed by atoms with Crippen molar-refractivity contribution < 1.29 is 14.4 Å². The van der Waals surface area contributed by atoms with Gasteiger partial charge >= 0.3 is 0 Å². The van der Waals surface area contributed by atoms with Crippen molar-refractivity contribution in [1.29, 1.82) is 0 Å². The van der Waals surface area contributed by atoms with Crippen LogP contribution in [0.25, 0.3) is 11.1 Å². The van der Waals surface area contributed by atoms with Gasteiger partial charge < -0.3 is 25.8 Å². The Morgan fingerprint density at radius 1 is 0.875 bits per heavy atom. The summed E-state index contributed by atoms with van der Waals surface area (Å²) < 4.78 is 0. The number of nitrogens with zero attached hydrogens (tertiary/aromatic N) is 3. The Hall–Kier alpha value is -4.27. The lowest BCUT2D eigenvalue weighted by Crippen LogP contribution is -2.56. The summed E-state index contributed by atoms with van der Waals surface area (Å²) >= 11 is 0. The smallest absolute Gasteiger partial charge is 0.246 e. The minimum Gasteiger partial charge on any atom is -0.354 e. The van der Waals surface area contributed by atoms with Crippen LogP contribution in [0.15, 0.2) is 97.1 Å². The van der Waals surface area contributed by atoms with E-state index in [1.54, 1.807) is 20.2 Å². The monoisotopic (exact) mass is 651 g/mol. The van der Waals surface area contributed by atoms with E-state index in [1.807, 2.05) is 86.6 Å². The molecule has 0 radical (unpaired) electrons. The van der Waals surface area contributed by atoms with Gasteiger partial charge in [-0.25, -0.2) is 0 Å². The second kappa shape index (κ2) is 17.2. The van der Waals surface area contributed by atoms with Gasteiger partial charge in [-0.2, -0.15) is 0 Å². The fourth-order valence-corrected chi connectivity index (χ4v) is 6.27. The maximum atomic E-state index is 14.5. The van der Waals surface area contributed by atoms with Crippen molar-refractivity contribution in [3.63, 3.8) is 0 Å². The Morgan fingerprint density at radius 3 is 2.06 bits per heavy atom. The Labute approximate surface area is 287 Å². The van der Waals surface area contributed by atoms with E-state index in [-0.39, 0.29) is 17.7 Å². The number of amides is 3. The largest absolute Gasteiger partial charge is 0.354 e. The van der Waals surface area contributed by atoms with Crippen molar-refractivity contribution in [1.82, 2.24) is 20.0 Å². The summed E-state index contributed by atoms with van der Waals surface area (Å²) in [5, 5.41) is 3.13. The molecule has 1 fully saturated rings. The molecule has 0 bridgehead atoms. The number of hydrogen-bond acceptors (Lipinski definition) is 5. The average molecular weight is 652 g/mol. The Bertz CT molecular complexity index is 1500. The molecule has 3 amide bonds. The van der Waals surface area contributed by atoms with E-state index in [4.69, 9.17) is 5.73 Å². The summed E-state index contributed by atoms with van der Waals surface area (Å²) in [5.41, 5.74) is 9.71. The van der Waals surface area contributed by atoms with Gasteiger partial charge in [-0.3, -0.25) is 14.4 Å². The first-order chi connectivity index (χ1) is 22.9. The molecule has 1 aliphatic rings. The van der Waals surface area contributed by atoms with Crippen molar-refractivity contribution in [2.75, 3.05) is 34.2 Å². The van der Waals surface area contributed by atoms with Crippen molar-refractivity contribution in [3.8, 4) is 11.1 Å². The van der Waals surface area contributed by atoms with Crippen LogP contribution in [0.1, 0.15) is 50.7 Å². The molecule has 3 aromatic rings. The third-order valence-electron chi connectivity index (χ3n) is 9.33. The fraction of sp³-hybridized carbons (Fsp3) is 0.425. The number of hydrogen-bond donors (Lipinski definition) is 2. The number of carbonyl (C=O) groups excluding carboxylic acids is 3. The Morgan fingerprint density at radius 2 is 1.46 bits per heavy atom. The summed E-state index contributed by atoms with van der Waals surface area (Å²) in [6, 6.07) is 26.8. The van der Waals surface area contributed by atoms with Crippen molar-refractivity contribution in [2.24, 2.45) is 5.73 Å². The zero-order chi connectivity index (χ0) is 34.7. The molecule has 1 saturated heterocycles. The van der Waals surface area contributed by atoms with E-state index in [9.17, 15) is 14.4 Å². The topological polar surface area (TPSA) is 99.0 Å². The molecular weight excluding hydrogens is 598 g/mol. The van der Waals surface area contributed by atoms with Crippen LogP contribution in [0.2, 0.25) is 0 Å². The molecule has 0 spiro atoms. The van der Waals surface area contributed by atoms with Crippen LogP contribution in [-0.4, -0.2) is 90.3 Å². The summed E-state index contributed by atoms with van der Waals surface area (Å²) in [6.45, 7) is 5.42. The molecule has 48 heavy (non-hydrogen) atoms. The highest BCUT2D eigenvalue weighted by Crippen LogP contribution is 2.22. The number of benzene rings is 3. The highest BCUT2D eigenvalue weighted by molar-refractivity contribution is 5.95. The van der Waals surface area contributed by atoms with Crippen molar-refractivity contribution in [2.45, 2.75) is 76.0 Å². The minimum atomic E-state index is -0.834. The standard InChI is InChI=1S/C40H53N5O3/c1-40(2,41)25-12-19-37(46)44(4)36(29-31-20-22-33(23-21-31)32-16-10-7-11-17-32)39(48)45(5)35(28-30-14-8-6-9-15-30)38(47)42-26-24-34-18-13-27-43(34)3/h6-12,14-17,19-23,34-36H,13,18,24-29,41H2,1-5H3,(H,42,47)/b19-12+. The summed E-state index contributed by atoms with van der Waals surface area (Å²) in [5.74, 6) is -0.783. The minimum absolute atomic E-state index is 0.194. The first kappa shape index (κ1) is 36.6. The lowest BCUT2D eigenvalue weighted by molar-refractivity contribution is -0.146. The molecule has 3 unspecified atom stereocenters. The van der Waals surface area contributed by atoms with Crippen LogP contribution in [0, 0.1) is 0 Å². The van der Waals surface area contributed by atoms with Crippen LogP contribution in [-0.2, 0) is 27.2 Å². The maximum Gasteiger partial charge on any atom is 0.246 e. The van der Waals surface area contributed by atoms with Gasteiger partial charge in [-0.05, 0) is 81.5 Å². The molecule has 4 rings (SSSR count). The van der Waals surface area contributed by atoms with Gasteiger partial charge in [0.1, 0.15) is 12.1 Å². The predicted octanol–water partition coefficient (Wildman–Crippen LogP) is 5.08. The third kappa shape index (κ3) is 10.6. The zero-order valence-corrected chi connectivity index (χ0v) is 29.3. The van der Waals surface area contributed by atoms with Gasteiger partial charge in [-0.1, -0.05) is 91.0 Å². The van der Waals surface area contributed by atoms with Crippen LogP contribution in [0.5, 0.6) is 0 Å². The van der Waals surface area contributed by atoms with Gasteiger partial charge in [0.25, 0.3) is 0 Å². The van der Waals surface area contributed by atoms with Gasteiger partial charge in [0.05, 0.1) is 0 Å². The SMILES string of the molecule is CN1CCCC1CCNC(=O)C(Cc1ccccc1)N(C)C(=O)C(Cc1ccc(-c2ccccc2)cc1)N(C)C(=O)/C=C/CC(C)(C)N. The maximum absolute atomic E-state index is 14.5. The number of rotatable bonds is 15. The molecule has 8 heteroatoms. The number of carbonyl (C=O) groups is 3. The molecule has 0 aromatic heterocycles. The Kier molecular flexibility index (Phi) is 13.1. The molecule has 1 heterocycles. The van der Waals surface area contributed by atoms with Crippen LogP contribution in [0.4, 0.5) is 0 Å². The van der Waals surface area contributed by atoms with Gasteiger partial charge in [0, 0.05) is 45.1 Å². The molecule has 1 aliphatic heterocycles. The van der Waals surface area contributed by atoms with E-state index < -0.39 is 17.6 Å². The van der Waals surface area contributed by atoms with Gasteiger partial charge in [0.15, 0.2) is 0 Å². The van der Waals surface area contributed by atoms with Crippen molar-refractivity contribution in [3.05, 3.63) is 108 Å². The fourth-order valence-electron chi connectivity index (χ4n) is 6.27. The first-order valence-corrected chi connectivity index (χ1v) is 17.1. The summed E-state index contributed by atoms with van der Waals surface area (Å²) in [7, 11) is 5.46.